The summed E-state index contributed by atoms with van der Waals surface area (Å²) in [4.78, 5) is 27.8. The fourth-order valence-corrected chi connectivity index (χ4v) is 4.24. The zero-order chi connectivity index (χ0) is 24.6. The smallest absolute Gasteiger partial charge is 0.296 e. The number of benzene rings is 2. The summed E-state index contributed by atoms with van der Waals surface area (Å²) in [6.07, 6.45) is 1.51. The molecule has 1 N–H and O–H groups in total. The molecule has 0 saturated carbocycles. The lowest BCUT2D eigenvalue weighted by atomic mass is 9.85. The Labute approximate surface area is 203 Å². The predicted molar refractivity (Wildman–Crippen MR) is 130 cm³/mol. The molecule has 1 atom stereocenters. The van der Waals surface area contributed by atoms with Crippen molar-refractivity contribution in [2.75, 3.05) is 7.11 Å². The second kappa shape index (κ2) is 9.03. The third-order valence-electron chi connectivity index (χ3n) is 5.95. The van der Waals surface area contributed by atoms with E-state index in [9.17, 15) is 14.7 Å². The lowest BCUT2D eigenvalue weighted by Crippen LogP contribution is -2.29. The number of rotatable bonds is 5. The molecule has 2 heterocycles. The van der Waals surface area contributed by atoms with Gasteiger partial charge in [-0.2, -0.15) is 0 Å². The highest BCUT2D eigenvalue weighted by molar-refractivity contribution is 6.46. The van der Waals surface area contributed by atoms with Gasteiger partial charge in [-0.05, 0) is 52.9 Å². The van der Waals surface area contributed by atoms with E-state index in [-0.39, 0.29) is 23.3 Å². The summed E-state index contributed by atoms with van der Waals surface area (Å²) in [7, 11) is 1.50. The summed E-state index contributed by atoms with van der Waals surface area (Å²) in [5, 5.41) is 12.0. The summed E-state index contributed by atoms with van der Waals surface area (Å²) < 4.78 is 10.9. The van der Waals surface area contributed by atoms with Crippen molar-refractivity contribution in [1.29, 1.82) is 0 Å². The highest BCUT2D eigenvalue weighted by Gasteiger charge is 2.46. The first-order valence-electron chi connectivity index (χ1n) is 10.9. The summed E-state index contributed by atoms with van der Waals surface area (Å²) in [5.74, 6) is -0.856. The van der Waals surface area contributed by atoms with Gasteiger partial charge in [-0.25, -0.2) is 0 Å². The fourth-order valence-electron chi connectivity index (χ4n) is 4.11. The molecule has 0 radical (unpaired) electrons. The van der Waals surface area contributed by atoms with Gasteiger partial charge in [0.05, 0.1) is 37.1 Å². The molecule has 1 fully saturated rings. The molecule has 176 valence electrons. The number of likely N-dealkylation sites (tertiary alicyclic amines) is 1. The minimum Gasteiger partial charge on any atom is -0.507 e. The first kappa shape index (κ1) is 23.6. The molecule has 7 heteroatoms. The number of ketones is 1. The minimum absolute atomic E-state index is 0.0109. The molecule has 4 rings (SSSR count). The number of carbonyl (C=O) groups excluding carboxylic acids is 2. The average Bonchev–Trinajstić information content (AvgIpc) is 3.40. The van der Waals surface area contributed by atoms with Gasteiger partial charge in [0, 0.05) is 5.02 Å². The zero-order valence-electron chi connectivity index (χ0n) is 19.5. The van der Waals surface area contributed by atoms with Crippen LogP contribution in [0.4, 0.5) is 0 Å². The molecule has 6 nitrogen and oxygen atoms in total. The molecule has 1 amide bonds. The molecule has 34 heavy (non-hydrogen) atoms. The SMILES string of the molecule is COc1ccc(C(C)(C)C)cc1/C(O)=C1\C(=O)C(=O)N(Cc2ccco2)C1c1ccc(Cl)cc1. The zero-order valence-corrected chi connectivity index (χ0v) is 20.2. The number of methoxy groups -OCH3 is 1. The van der Waals surface area contributed by atoms with Crippen LogP contribution in [0.25, 0.3) is 5.76 Å². The second-order valence-electron chi connectivity index (χ2n) is 9.22. The first-order chi connectivity index (χ1) is 16.1. The number of ether oxygens (including phenoxy) is 1. The standard InChI is InChI=1S/C27H26ClNO5/c1-27(2,3)17-9-12-21(33-4)20(14-17)24(30)22-23(16-7-10-18(28)11-8-16)29(26(32)25(22)31)15-19-6-5-13-34-19/h5-14,23,30H,15H2,1-4H3/b24-22+. The Morgan fingerprint density at radius 2 is 1.82 bits per heavy atom. The van der Waals surface area contributed by atoms with Crippen LogP contribution in [0.15, 0.2) is 70.9 Å². The van der Waals surface area contributed by atoms with E-state index in [2.05, 4.69) is 20.8 Å². The van der Waals surface area contributed by atoms with Crippen LogP contribution < -0.4 is 4.74 Å². The Bertz CT molecular complexity index is 1250. The first-order valence-corrected chi connectivity index (χ1v) is 11.2. The molecule has 3 aromatic rings. The van der Waals surface area contributed by atoms with Crippen molar-refractivity contribution in [1.82, 2.24) is 4.90 Å². The largest absolute Gasteiger partial charge is 0.507 e. The lowest BCUT2D eigenvalue weighted by Gasteiger charge is -2.25. The molecule has 1 saturated heterocycles. The van der Waals surface area contributed by atoms with Gasteiger partial charge in [0.25, 0.3) is 11.7 Å². The molecular formula is C27H26ClNO5. The monoisotopic (exact) mass is 479 g/mol. The van der Waals surface area contributed by atoms with E-state index in [1.54, 1.807) is 48.5 Å². The minimum atomic E-state index is -0.828. The number of aliphatic hydroxyl groups excluding tert-OH is 1. The molecular weight excluding hydrogens is 454 g/mol. The Hall–Kier alpha value is -3.51. The highest BCUT2D eigenvalue weighted by Crippen LogP contribution is 2.42. The predicted octanol–water partition coefficient (Wildman–Crippen LogP) is 5.86. The maximum Gasteiger partial charge on any atom is 0.296 e. The van der Waals surface area contributed by atoms with Crippen LogP contribution in [0.3, 0.4) is 0 Å². The Balaban J connectivity index is 1.93. The molecule has 0 bridgehead atoms. The van der Waals surface area contributed by atoms with Crippen molar-refractivity contribution >= 4 is 29.1 Å². The van der Waals surface area contributed by atoms with E-state index >= 15 is 0 Å². The topological polar surface area (TPSA) is 80.0 Å². The number of aliphatic hydroxyl groups is 1. The van der Waals surface area contributed by atoms with Crippen LogP contribution in [0.2, 0.25) is 5.02 Å². The van der Waals surface area contributed by atoms with Crippen molar-refractivity contribution in [3.63, 3.8) is 0 Å². The van der Waals surface area contributed by atoms with Crippen LogP contribution in [0.5, 0.6) is 5.75 Å². The third-order valence-corrected chi connectivity index (χ3v) is 6.20. The van der Waals surface area contributed by atoms with E-state index < -0.39 is 17.7 Å². The van der Waals surface area contributed by atoms with Gasteiger partial charge >= 0.3 is 0 Å². The van der Waals surface area contributed by atoms with E-state index in [1.807, 2.05) is 6.07 Å². The van der Waals surface area contributed by atoms with Crippen molar-refractivity contribution in [2.45, 2.75) is 38.8 Å². The summed E-state index contributed by atoms with van der Waals surface area (Å²) in [5.41, 5.74) is 1.72. The average molecular weight is 480 g/mol. The van der Waals surface area contributed by atoms with Gasteiger partial charge in [-0.1, -0.05) is 50.6 Å². The fraction of sp³-hybridized carbons (Fsp3) is 0.259. The van der Waals surface area contributed by atoms with Gasteiger partial charge in [0.2, 0.25) is 0 Å². The van der Waals surface area contributed by atoms with E-state index in [1.165, 1.54) is 18.3 Å². The van der Waals surface area contributed by atoms with E-state index in [0.29, 0.717) is 27.7 Å². The number of hydrogen-bond acceptors (Lipinski definition) is 5. The van der Waals surface area contributed by atoms with Crippen molar-refractivity contribution < 1.29 is 23.8 Å². The van der Waals surface area contributed by atoms with Crippen LogP contribution in [-0.2, 0) is 21.5 Å². The molecule has 1 aliphatic rings. The summed E-state index contributed by atoms with van der Waals surface area (Å²) in [6, 6.07) is 14.9. The number of nitrogens with zero attached hydrogens (tertiary/aromatic N) is 1. The number of Topliss-reactive ketones (excluding diaryl/α,β-unsaturated/α-hetero) is 1. The van der Waals surface area contributed by atoms with Crippen molar-refractivity contribution in [3.05, 3.63) is 93.9 Å². The number of amides is 1. The number of hydrogen-bond donors (Lipinski definition) is 1. The number of furan rings is 1. The van der Waals surface area contributed by atoms with Crippen LogP contribution in [0, 0.1) is 0 Å². The van der Waals surface area contributed by atoms with Gasteiger partial charge in [0.15, 0.2) is 0 Å². The quantitative estimate of drug-likeness (QED) is 0.281. The van der Waals surface area contributed by atoms with E-state index in [0.717, 1.165) is 5.56 Å². The Kier molecular flexibility index (Phi) is 6.28. The van der Waals surface area contributed by atoms with Gasteiger partial charge in [-0.15, -0.1) is 0 Å². The van der Waals surface area contributed by atoms with Crippen LogP contribution in [-0.4, -0.2) is 28.8 Å². The van der Waals surface area contributed by atoms with Crippen LogP contribution >= 0.6 is 11.6 Å². The summed E-state index contributed by atoms with van der Waals surface area (Å²) in [6.45, 7) is 6.22. The van der Waals surface area contributed by atoms with Crippen molar-refractivity contribution in [2.24, 2.45) is 0 Å². The maximum atomic E-state index is 13.3. The van der Waals surface area contributed by atoms with E-state index in [4.69, 9.17) is 20.8 Å². The van der Waals surface area contributed by atoms with Gasteiger partial charge in [0.1, 0.15) is 17.3 Å². The molecule has 2 aromatic carbocycles. The molecule has 1 unspecified atom stereocenters. The van der Waals surface area contributed by atoms with Gasteiger partial charge in [-0.3, -0.25) is 9.59 Å². The Morgan fingerprint density at radius 3 is 2.41 bits per heavy atom. The third kappa shape index (κ3) is 4.33. The normalized spacial score (nSPS) is 17.9. The number of carbonyl (C=O) groups is 2. The molecule has 0 aliphatic carbocycles. The highest BCUT2D eigenvalue weighted by atomic mass is 35.5. The Morgan fingerprint density at radius 1 is 1.12 bits per heavy atom. The lowest BCUT2D eigenvalue weighted by molar-refractivity contribution is -0.140. The van der Waals surface area contributed by atoms with Crippen molar-refractivity contribution in [3.8, 4) is 5.75 Å². The second-order valence-corrected chi connectivity index (χ2v) is 9.66. The molecule has 0 spiro atoms. The van der Waals surface area contributed by atoms with Gasteiger partial charge < -0.3 is 19.2 Å². The molecule has 1 aromatic heterocycles. The number of halogens is 1. The summed E-state index contributed by atoms with van der Waals surface area (Å²) >= 11 is 6.08. The molecule has 1 aliphatic heterocycles. The maximum absolute atomic E-state index is 13.3. The van der Waals surface area contributed by atoms with Crippen LogP contribution in [0.1, 0.15) is 49.3 Å².